The number of H-pyrrole nitrogens is 1. The first-order chi connectivity index (χ1) is 13.1. The molecule has 4 rings (SSSR count). The predicted octanol–water partition coefficient (Wildman–Crippen LogP) is 2.20. The Hall–Kier alpha value is -3.81. The normalized spacial score (nSPS) is 11.0. The van der Waals surface area contributed by atoms with Gasteiger partial charge in [0.1, 0.15) is 17.9 Å². The fourth-order valence-corrected chi connectivity index (χ4v) is 2.93. The van der Waals surface area contributed by atoms with Crippen molar-refractivity contribution in [3.05, 3.63) is 68.8 Å². The number of nitrogen functional groups attached to an aromatic ring is 1. The van der Waals surface area contributed by atoms with Crippen LogP contribution in [0.15, 0.2) is 56.5 Å². The highest BCUT2D eigenvalue weighted by atomic mass is 16.5. The molecule has 8 heteroatoms. The number of aromatic nitrogens is 2. The van der Waals surface area contributed by atoms with Crippen molar-refractivity contribution in [3.63, 3.8) is 0 Å². The molecule has 2 aromatic heterocycles. The molecule has 3 N–H and O–H groups in total. The van der Waals surface area contributed by atoms with E-state index in [0.29, 0.717) is 38.7 Å². The number of rotatable bonds is 4. The van der Waals surface area contributed by atoms with Gasteiger partial charge >= 0.3 is 5.63 Å². The summed E-state index contributed by atoms with van der Waals surface area (Å²) in [5.41, 5.74) is 6.33. The van der Waals surface area contributed by atoms with Gasteiger partial charge in [-0.25, -0.2) is 9.89 Å². The van der Waals surface area contributed by atoms with Crippen LogP contribution in [0.4, 0.5) is 5.69 Å². The van der Waals surface area contributed by atoms with Gasteiger partial charge in [0, 0.05) is 28.8 Å². The van der Waals surface area contributed by atoms with Crippen molar-refractivity contribution >= 4 is 27.4 Å². The molecule has 8 nitrogen and oxygen atoms in total. The molecule has 0 saturated heterocycles. The number of nitrogens with two attached hydrogens (primary N) is 1. The van der Waals surface area contributed by atoms with Gasteiger partial charge in [-0.1, -0.05) is 6.07 Å². The quantitative estimate of drug-likeness (QED) is 0.420. The number of hydrogen-bond donors (Lipinski definition) is 2. The molecule has 0 aliphatic rings. The van der Waals surface area contributed by atoms with Crippen molar-refractivity contribution in [3.8, 4) is 11.6 Å². The van der Waals surface area contributed by atoms with Gasteiger partial charge in [0.15, 0.2) is 0 Å². The van der Waals surface area contributed by atoms with Gasteiger partial charge in [0.25, 0.3) is 5.56 Å². The number of aromatic amines is 1. The number of anilines is 1. The van der Waals surface area contributed by atoms with Gasteiger partial charge in [-0.15, -0.1) is 5.10 Å². The van der Waals surface area contributed by atoms with Crippen LogP contribution < -0.4 is 26.4 Å². The zero-order chi connectivity index (χ0) is 19.0. The fourth-order valence-electron chi connectivity index (χ4n) is 2.93. The van der Waals surface area contributed by atoms with Crippen molar-refractivity contribution in [2.24, 2.45) is 0 Å². The lowest BCUT2D eigenvalue weighted by Gasteiger charge is -2.10. The third-order valence-corrected chi connectivity index (χ3v) is 4.21. The SMILES string of the molecule is COc1ccc2c(COc3n[nH]c(=O)c4c(N)cccc34)cc(=O)oc2c1. The average Bonchev–Trinajstić information content (AvgIpc) is 2.66. The van der Waals surface area contributed by atoms with Crippen LogP contribution in [0.5, 0.6) is 11.6 Å². The molecule has 4 aromatic rings. The van der Waals surface area contributed by atoms with Crippen LogP contribution in [0.3, 0.4) is 0 Å². The molecule has 0 aliphatic carbocycles. The van der Waals surface area contributed by atoms with Gasteiger partial charge in [-0.2, -0.15) is 0 Å². The van der Waals surface area contributed by atoms with E-state index in [1.165, 1.54) is 13.2 Å². The Kier molecular flexibility index (Phi) is 4.00. The standard InChI is InChI=1S/C19H15N3O5/c1-25-11-5-6-12-10(7-16(23)27-15(12)8-11)9-26-19-13-3-2-4-14(20)17(13)18(24)21-22-19/h2-8H,9,20H2,1H3,(H,21,24). The number of fused-ring (bicyclic) bond motifs is 2. The summed E-state index contributed by atoms with van der Waals surface area (Å²) in [6.07, 6.45) is 0. The summed E-state index contributed by atoms with van der Waals surface area (Å²) in [5.74, 6) is 0.791. The Morgan fingerprint density at radius 1 is 1.15 bits per heavy atom. The summed E-state index contributed by atoms with van der Waals surface area (Å²) >= 11 is 0. The van der Waals surface area contributed by atoms with E-state index < -0.39 is 11.2 Å². The number of methoxy groups -OCH3 is 1. The second-order valence-electron chi connectivity index (χ2n) is 5.87. The molecule has 0 saturated carbocycles. The number of hydrogen-bond acceptors (Lipinski definition) is 7. The third kappa shape index (κ3) is 2.97. The van der Waals surface area contributed by atoms with E-state index in [4.69, 9.17) is 19.6 Å². The maximum atomic E-state index is 12.0. The molecule has 0 unspecified atom stereocenters. The van der Waals surface area contributed by atoms with E-state index in [2.05, 4.69) is 10.2 Å². The second-order valence-corrected chi connectivity index (χ2v) is 5.87. The van der Waals surface area contributed by atoms with E-state index in [0.717, 1.165) is 0 Å². The number of benzene rings is 2. The average molecular weight is 365 g/mol. The molecule has 0 amide bonds. The van der Waals surface area contributed by atoms with E-state index in [1.807, 2.05) is 0 Å². The molecular weight excluding hydrogens is 350 g/mol. The number of ether oxygens (including phenoxy) is 2. The summed E-state index contributed by atoms with van der Waals surface area (Å²) in [6.45, 7) is 0.0529. The molecule has 0 radical (unpaired) electrons. The maximum Gasteiger partial charge on any atom is 0.336 e. The molecule has 0 fully saturated rings. The molecule has 0 aliphatic heterocycles. The molecule has 0 bridgehead atoms. The molecule has 2 aromatic carbocycles. The van der Waals surface area contributed by atoms with Crippen LogP contribution in [-0.2, 0) is 6.61 Å². The van der Waals surface area contributed by atoms with E-state index in [1.54, 1.807) is 36.4 Å². The van der Waals surface area contributed by atoms with Crippen LogP contribution in [0.25, 0.3) is 21.7 Å². The second kappa shape index (κ2) is 6.49. The lowest BCUT2D eigenvalue weighted by atomic mass is 10.1. The first-order valence-electron chi connectivity index (χ1n) is 8.07. The highest BCUT2D eigenvalue weighted by molar-refractivity contribution is 5.94. The topological polar surface area (TPSA) is 120 Å². The van der Waals surface area contributed by atoms with Crippen LogP contribution in [0.2, 0.25) is 0 Å². The lowest BCUT2D eigenvalue weighted by Crippen LogP contribution is -2.12. The lowest BCUT2D eigenvalue weighted by molar-refractivity contribution is 0.294. The van der Waals surface area contributed by atoms with Crippen LogP contribution in [0, 0.1) is 0 Å². The summed E-state index contributed by atoms with van der Waals surface area (Å²) in [6, 6.07) is 11.6. The Bertz CT molecular complexity index is 1280. The van der Waals surface area contributed by atoms with Crippen molar-refractivity contribution in [1.82, 2.24) is 10.2 Å². The largest absolute Gasteiger partial charge is 0.497 e. The Labute approximate surface area is 152 Å². The molecular formula is C19H15N3O5. The number of nitrogens with zero attached hydrogens (tertiary/aromatic N) is 1. The Morgan fingerprint density at radius 3 is 2.81 bits per heavy atom. The zero-order valence-corrected chi connectivity index (χ0v) is 14.3. The fraction of sp³-hybridized carbons (Fsp3) is 0.105. The molecule has 27 heavy (non-hydrogen) atoms. The minimum absolute atomic E-state index is 0.0529. The summed E-state index contributed by atoms with van der Waals surface area (Å²) in [4.78, 5) is 23.9. The molecule has 2 heterocycles. The third-order valence-electron chi connectivity index (χ3n) is 4.21. The van der Waals surface area contributed by atoms with Crippen molar-refractivity contribution in [2.75, 3.05) is 12.8 Å². The van der Waals surface area contributed by atoms with E-state index in [-0.39, 0.29) is 12.5 Å². The van der Waals surface area contributed by atoms with Crippen LogP contribution >= 0.6 is 0 Å². The molecule has 0 atom stereocenters. The van der Waals surface area contributed by atoms with Crippen molar-refractivity contribution in [1.29, 1.82) is 0 Å². The van der Waals surface area contributed by atoms with Gasteiger partial charge in [-0.05, 0) is 24.3 Å². The molecule has 136 valence electrons. The van der Waals surface area contributed by atoms with Crippen LogP contribution in [-0.4, -0.2) is 17.3 Å². The summed E-state index contributed by atoms with van der Waals surface area (Å²) in [5, 5.41) is 7.85. The Morgan fingerprint density at radius 2 is 2.00 bits per heavy atom. The first kappa shape index (κ1) is 16.6. The van der Waals surface area contributed by atoms with E-state index >= 15 is 0 Å². The zero-order valence-electron chi connectivity index (χ0n) is 14.3. The minimum atomic E-state index is -0.502. The van der Waals surface area contributed by atoms with Gasteiger partial charge in [0.05, 0.1) is 17.9 Å². The van der Waals surface area contributed by atoms with Crippen molar-refractivity contribution < 1.29 is 13.9 Å². The Balaban J connectivity index is 1.76. The summed E-state index contributed by atoms with van der Waals surface area (Å²) < 4.78 is 16.2. The van der Waals surface area contributed by atoms with Gasteiger partial charge in [0.2, 0.25) is 5.88 Å². The monoisotopic (exact) mass is 365 g/mol. The summed E-state index contributed by atoms with van der Waals surface area (Å²) in [7, 11) is 1.53. The van der Waals surface area contributed by atoms with Crippen LogP contribution in [0.1, 0.15) is 5.56 Å². The minimum Gasteiger partial charge on any atom is -0.497 e. The molecule has 0 spiro atoms. The van der Waals surface area contributed by atoms with Crippen molar-refractivity contribution in [2.45, 2.75) is 6.61 Å². The highest BCUT2D eigenvalue weighted by Gasteiger charge is 2.12. The maximum absolute atomic E-state index is 12.0. The van der Waals surface area contributed by atoms with Gasteiger partial charge < -0.3 is 19.6 Å². The number of nitrogens with one attached hydrogen (secondary N) is 1. The predicted molar refractivity (Wildman–Crippen MR) is 100 cm³/mol. The highest BCUT2D eigenvalue weighted by Crippen LogP contribution is 2.26. The van der Waals surface area contributed by atoms with E-state index in [9.17, 15) is 9.59 Å². The smallest absolute Gasteiger partial charge is 0.336 e. The first-order valence-corrected chi connectivity index (χ1v) is 8.07. The van der Waals surface area contributed by atoms with Gasteiger partial charge in [-0.3, -0.25) is 4.79 Å².